The lowest BCUT2D eigenvalue weighted by Gasteiger charge is -2.06. The molecule has 16 heavy (non-hydrogen) atoms. The molecule has 0 bridgehead atoms. The third-order valence-corrected chi connectivity index (χ3v) is 2.40. The summed E-state index contributed by atoms with van der Waals surface area (Å²) in [7, 11) is 0. The maximum atomic E-state index is 10.6. The van der Waals surface area contributed by atoms with E-state index in [1.165, 1.54) is 0 Å². The van der Waals surface area contributed by atoms with Gasteiger partial charge in [0.05, 0.1) is 5.52 Å². The zero-order chi connectivity index (χ0) is 11.5. The molecule has 0 saturated heterocycles. The van der Waals surface area contributed by atoms with Crippen molar-refractivity contribution in [3.05, 3.63) is 42.1 Å². The second-order valence-corrected chi connectivity index (χ2v) is 3.64. The number of rotatable bonds is 3. The normalized spacial score (nSPS) is 12.6. The minimum Gasteiger partial charge on any atom is -0.480 e. The van der Waals surface area contributed by atoms with Crippen molar-refractivity contribution in [2.45, 2.75) is 12.5 Å². The number of benzene rings is 1. The first-order chi connectivity index (χ1) is 7.66. The van der Waals surface area contributed by atoms with Crippen LogP contribution in [0.5, 0.6) is 0 Å². The molecular formula is C12H12N2O2. The molecule has 3 N–H and O–H groups in total. The van der Waals surface area contributed by atoms with E-state index in [-0.39, 0.29) is 6.42 Å². The molecule has 0 amide bonds. The molecule has 0 unspecified atom stereocenters. The zero-order valence-electron chi connectivity index (χ0n) is 8.63. The molecular weight excluding hydrogens is 204 g/mol. The van der Waals surface area contributed by atoms with Crippen LogP contribution in [-0.2, 0) is 11.2 Å². The molecule has 0 radical (unpaired) electrons. The van der Waals surface area contributed by atoms with E-state index in [9.17, 15) is 4.79 Å². The van der Waals surface area contributed by atoms with E-state index in [1.54, 1.807) is 0 Å². The first kappa shape index (κ1) is 10.6. The number of pyridine rings is 1. The summed E-state index contributed by atoms with van der Waals surface area (Å²) in [6.45, 7) is 0. The molecule has 1 heterocycles. The van der Waals surface area contributed by atoms with Gasteiger partial charge in [0.2, 0.25) is 0 Å². The molecule has 0 aliphatic heterocycles. The van der Waals surface area contributed by atoms with Crippen molar-refractivity contribution in [2.75, 3.05) is 0 Å². The van der Waals surface area contributed by atoms with Gasteiger partial charge in [0.1, 0.15) is 6.04 Å². The van der Waals surface area contributed by atoms with Crippen molar-refractivity contribution in [3.8, 4) is 0 Å². The van der Waals surface area contributed by atoms with Gasteiger partial charge in [0.25, 0.3) is 0 Å². The Balaban J connectivity index is 2.29. The summed E-state index contributed by atoms with van der Waals surface area (Å²) in [4.78, 5) is 15.0. The molecule has 0 spiro atoms. The smallest absolute Gasteiger partial charge is 0.320 e. The number of carboxylic acids is 1. The molecule has 0 aliphatic carbocycles. The fourth-order valence-electron chi connectivity index (χ4n) is 1.53. The van der Waals surface area contributed by atoms with Crippen LogP contribution in [0.2, 0.25) is 0 Å². The van der Waals surface area contributed by atoms with Gasteiger partial charge in [-0.05, 0) is 12.1 Å². The van der Waals surface area contributed by atoms with Crippen molar-refractivity contribution >= 4 is 16.9 Å². The average Bonchev–Trinajstić information content (AvgIpc) is 2.28. The van der Waals surface area contributed by atoms with Crippen LogP contribution < -0.4 is 5.73 Å². The van der Waals surface area contributed by atoms with Crippen molar-refractivity contribution in [1.82, 2.24) is 4.98 Å². The van der Waals surface area contributed by atoms with Crippen LogP contribution in [0.15, 0.2) is 36.4 Å². The highest BCUT2D eigenvalue weighted by Gasteiger charge is 2.12. The Morgan fingerprint density at radius 2 is 2.06 bits per heavy atom. The average molecular weight is 216 g/mol. The number of fused-ring (bicyclic) bond motifs is 1. The van der Waals surface area contributed by atoms with Crippen molar-refractivity contribution in [3.63, 3.8) is 0 Å². The van der Waals surface area contributed by atoms with Gasteiger partial charge < -0.3 is 10.8 Å². The van der Waals surface area contributed by atoms with E-state index in [1.807, 2.05) is 36.4 Å². The number of carboxylic acid groups (broad SMARTS) is 1. The van der Waals surface area contributed by atoms with Gasteiger partial charge in [-0.1, -0.05) is 24.3 Å². The highest BCUT2D eigenvalue weighted by atomic mass is 16.4. The van der Waals surface area contributed by atoms with Crippen molar-refractivity contribution in [1.29, 1.82) is 0 Å². The number of aromatic nitrogens is 1. The highest BCUT2D eigenvalue weighted by Crippen LogP contribution is 2.12. The van der Waals surface area contributed by atoms with Crippen molar-refractivity contribution < 1.29 is 9.90 Å². The van der Waals surface area contributed by atoms with Crippen LogP contribution in [-0.4, -0.2) is 22.1 Å². The monoisotopic (exact) mass is 216 g/mol. The number of carbonyl (C=O) groups is 1. The van der Waals surface area contributed by atoms with Gasteiger partial charge >= 0.3 is 5.97 Å². The second kappa shape index (κ2) is 4.28. The van der Waals surface area contributed by atoms with E-state index < -0.39 is 12.0 Å². The van der Waals surface area contributed by atoms with E-state index in [2.05, 4.69) is 4.98 Å². The largest absolute Gasteiger partial charge is 0.480 e. The van der Waals surface area contributed by atoms with Crippen LogP contribution >= 0.6 is 0 Å². The maximum absolute atomic E-state index is 10.6. The summed E-state index contributed by atoms with van der Waals surface area (Å²) in [5.74, 6) is -1.00. The van der Waals surface area contributed by atoms with E-state index >= 15 is 0 Å². The summed E-state index contributed by atoms with van der Waals surface area (Å²) in [5.41, 5.74) is 7.01. The second-order valence-electron chi connectivity index (χ2n) is 3.64. The molecule has 0 saturated carbocycles. The lowest BCUT2D eigenvalue weighted by atomic mass is 10.1. The molecule has 2 aromatic rings. The third kappa shape index (κ3) is 2.17. The zero-order valence-corrected chi connectivity index (χ0v) is 8.63. The van der Waals surface area contributed by atoms with Gasteiger partial charge in [-0.15, -0.1) is 0 Å². The van der Waals surface area contributed by atoms with Crippen molar-refractivity contribution in [2.24, 2.45) is 5.73 Å². The number of hydrogen-bond acceptors (Lipinski definition) is 3. The Morgan fingerprint density at radius 1 is 1.31 bits per heavy atom. The first-order valence-corrected chi connectivity index (χ1v) is 5.00. The summed E-state index contributed by atoms with van der Waals surface area (Å²) in [6.07, 6.45) is 0.250. The van der Waals surface area contributed by atoms with Gasteiger partial charge in [0.15, 0.2) is 0 Å². The number of para-hydroxylation sites is 1. The Morgan fingerprint density at radius 3 is 2.81 bits per heavy atom. The van der Waals surface area contributed by atoms with Gasteiger partial charge in [-0.25, -0.2) is 0 Å². The van der Waals surface area contributed by atoms with Gasteiger partial charge in [-0.3, -0.25) is 9.78 Å². The quantitative estimate of drug-likeness (QED) is 0.808. The molecule has 1 atom stereocenters. The minimum absolute atomic E-state index is 0.250. The molecule has 0 aliphatic rings. The molecule has 82 valence electrons. The summed E-state index contributed by atoms with van der Waals surface area (Å²) < 4.78 is 0. The lowest BCUT2D eigenvalue weighted by Crippen LogP contribution is -2.32. The fraction of sp³-hybridized carbons (Fsp3) is 0.167. The fourth-order valence-corrected chi connectivity index (χ4v) is 1.53. The number of hydrogen-bond donors (Lipinski definition) is 2. The van der Waals surface area contributed by atoms with Crippen LogP contribution in [0.3, 0.4) is 0 Å². The molecule has 1 aromatic heterocycles. The maximum Gasteiger partial charge on any atom is 0.320 e. The predicted molar refractivity (Wildman–Crippen MR) is 61.1 cm³/mol. The topological polar surface area (TPSA) is 76.2 Å². The first-order valence-electron chi connectivity index (χ1n) is 5.00. The Hall–Kier alpha value is -1.94. The van der Waals surface area contributed by atoms with E-state index in [4.69, 9.17) is 10.8 Å². The number of aliphatic carboxylic acids is 1. The van der Waals surface area contributed by atoms with Gasteiger partial charge in [-0.2, -0.15) is 0 Å². The Labute approximate surface area is 92.7 Å². The van der Waals surface area contributed by atoms with Crippen LogP contribution in [0.1, 0.15) is 5.69 Å². The Kier molecular flexibility index (Phi) is 2.83. The molecule has 4 nitrogen and oxygen atoms in total. The Bertz CT molecular complexity index is 525. The predicted octanol–water partition coefficient (Wildman–Crippen LogP) is 1.19. The standard InChI is InChI=1S/C12H12N2O2/c13-10(12(15)16)7-9-6-5-8-3-1-2-4-11(8)14-9/h1-6,10H,7,13H2,(H,15,16)/t10-/m0/s1. The molecule has 0 fully saturated rings. The van der Waals surface area contributed by atoms with Crippen LogP contribution in [0.4, 0.5) is 0 Å². The van der Waals surface area contributed by atoms with Gasteiger partial charge in [0, 0.05) is 17.5 Å². The van der Waals surface area contributed by atoms with E-state index in [0.29, 0.717) is 5.69 Å². The lowest BCUT2D eigenvalue weighted by molar-refractivity contribution is -0.138. The van der Waals surface area contributed by atoms with E-state index in [0.717, 1.165) is 10.9 Å². The molecule has 1 aromatic carbocycles. The molecule has 4 heteroatoms. The van der Waals surface area contributed by atoms with Crippen LogP contribution in [0.25, 0.3) is 10.9 Å². The summed E-state index contributed by atoms with van der Waals surface area (Å²) in [5, 5.41) is 9.74. The van der Waals surface area contributed by atoms with Crippen LogP contribution in [0, 0.1) is 0 Å². The number of nitrogens with zero attached hydrogens (tertiary/aromatic N) is 1. The summed E-state index contributed by atoms with van der Waals surface area (Å²) >= 11 is 0. The highest BCUT2D eigenvalue weighted by molar-refractivity contribution is 5.78. The third-order valence-electron chi connectivity index (χ3n) is 2.40. The number of nitrogens with two attached hydrogens (primary N) is 1. The molecule has 2 rings (SSSR count). The SMILES string of the molecule is N[C@@H](Cc1ccc2ccccc2n1)C(=O)O. The minimum atomic E-state index is -1.00. The summed E-state index contributed by atoms with van der Waals surface area (Å²) in [6, 6.07) is 10.5.